The Bertz CT molecular complexity index is 358. The number of nitrogens with one attached hydrogen (secondary N) is 1. The zero-order chi connectivity index (χ0) is 10.8. The van der Waals surface area contributed by atoms with Crippen molar-refractivity contribution in [2.24, 2.45) is 5.73 Å². The maximum atomic E-state index is 5.61. The van der Waals surface area contributed by atoms with Crippen LogP contribution < -0.4 is 11.1 Å². The number of aryl methyl sites for hydroxylation is 2. The molecule has 0 saturated heterocycles. The SMILES string of the molecule is Cc1ccc2c(c1C)NC(CCN)CC2. The second kappa shape index (κ2) is 4.23. The van der Waals surface area contributed by atoms with Crippen molar-refractivity contribution < 1.29 is 0 Å². The van der Waals surface area contributed by atoms with Gasteiger partial charge in [-0.1, -0.05) is 12.1 Å². The van der Waals surface area contributed by atoms with E-state index in [1.807, 2.05) is 0 Å². The van der Waals surface area contributed by atoms with Gasteiger partial charge in [0, 0.05) is 11.7 Å². The average Bonchev–Trinajstić information content (AvgIpc) is 2.25. The number of benzene rings is 1. The van der Waals surface area contributed by atoms with Crippen LogP contribution in [0.4, 0.5) is 5.69 Å². The molecular weight excluding hydrogens is 184 g/mol. The van der Waals surface area contributed by atoms with E-state index in [2.05, 4.69) is 31.3 Å². The Morgan fingerprint density at radius 1 is 1.40 bits per heavy atom. The van der Waals surface area contributed by atoms with Crippen molar-refractivity contribution in [3.8, 4) is 0 Å². The van der Waals surface area contributed by atoms with E-state index in [0.717, 1.165) is 13.0 Å². The molecule has 1 aliphatic heterocycles. The summed E-state index contributed by atoms with van der Waals surface area (Å²) >= 11 is 0. The molecule has 1 heterocycles. The lowest BCUT2D eigenvalue weighted by molar-refractivity contribution is 0.592. The molecule has 1 atom stereocenters. The molecule has 0 radical (unpaired) electrons. The van der Waals surface area contributed by atoms with Gasteiger partial charge in [-0.3, -0.25) is 0 Å². The first kappa shape index (κ1) is 10.5. The Morgan fingerprint density at radius 3 is 2.93 bits per heavy atom. The topological polar surface area (TPSA) is 38.0 Å². The number of hydrogen-bond acceptors (Lipinski definition) is 2. The molecule has 82 valence electrons. The van der Waals surface area contributed by atoms with Crippen molar-refractivity contribution in [1.82, 2.24) is 0 Å². The summed E-state index contributed by atoms with van der Waals surface area (Å²) in [4.78, 5) is 0. The molecule has 2 heteroatoms. The number of anilines is 1. The Balaban J connectivity index is 2.27. The van der Waals surface area contributed by atoms with Gasteiger partial charge in [-0.15, -0.1) is 0 Å². The van der Waals surface area contributed by atoms with Crippen LogP contribution >= 0.6 is 0 Å². The fourth-order valence-corrected chi connectivity index (χ4v) is 2.30. The van der Waals surface area contributed by atoms with Crippen molar-refractivity contribution in [2.45, 2.75) is 39.2 Å². The molecule has 15 heavy (non-hydrogen) atoms. The van der Waals surface area contributed by atoms with Gasteiger partial charge >= 0.3 is 0 Å². The first-order chi connectivity index (χ1) is 7.22. The number of fused-ring (bicyclic) bond motifs is 1. The second-order valence-electron chi connectivity index (χ2n) is 4.50. The molecule has 2 nitrogen and oxygen atoms in total. The zero-order valence-corrected chi connectivity index (χ0v) is 9.64. The highest BCUT2D eigenvalue weighted by atomic mass is 14.9. The normalized spacial score (nSPS) is 19.5. The molecule has 0 amide bonds. The largest absolute Gasteiger partial charge is 0.382 e. The minimum atomic E-state index is 0.572. The summed E-state index contributed by atoms with van der Waals surface area (Å²) in [5, 5.41) is 3.63. The predicted molar refractivity (Wildman–Crippen MR) is 65.3 cm³/mol. The summed E-state index contributed by atoms with van der Waals surface area (Å²) < 4.78 is 0. The van der Waals surface area contributed by atoms with E-state index < -0.39 is 0 Å². The van der Waals surface area contributed by atoms with Gasteiger partial charge in [0.15, 0.2) is 0 Å². The van der Waals surface area contributed by atoms with Crippen molar-refractivity contribution in [2.75, 3.05) is 11.9 Å². The summed E-state index contributed by atoms with van der Waals surface area (Å²) in [6.45, 7) is 5.15. The van der Waals surface area contributed by atoms with E-state index in [0.29, 0.717) is 6.04 Å². The highest BCUT2D eigenvalue weighted by Gasteiger charge is 2.18. The van der Waals surface area contributed by atoms with E-state index in [1.165, 1.54) is 35.2 Å². The van der Waals surface area contributed by atoms with Crippen LogP contribution in [0.15, 0.2) is 12.1 Å². The summed E-state index contributed by atoms with van der Waals surface area (Å²) in [5.41, 5.74) is 11.2. The Labute approximate surface area is 91.9 Å². The van der Waals surface area contributed by atoms with Crippen LogP contribution in [0.3, 0.4) is 0 Å². The van der Waals surface area contributed by atoms with Crippen LogP contribution in [-0.4, -0.2) is 12.6 Å². The lowest BCUT2D eigenvalue weighted by Crippen LogP contribution is -2.28. The zero-order valence-electron chi connectivity index (χ0n) is 9.64. The first-order valence-corrected chi connectivity index (χ1v) is 5.78. The summed E-state index contributed by atoms with van der Waals surface area (Å²) in [6.07, 6.45) is 3.48. The monoisotopic (exact) mass is 204 g/mol. The van der Waals surface area contributed by atoms with Crippen molar-refractivity contribution in [3.63, 3.8) is 0 Å². The lowest BCUT2D eigenvalue weighted by Gasteiger charge is -2.28. The van der Waals surface area contributed by atoms with Crippen LogP contribution in [0, 0.1) is 13.8 Å². The second-order valence-corrected chi connectivity index (χ2v) is 4.50. The van der Waals surface area contributed by atoms with Crippen molar-refractivity contribution >= 4 is 5.69 Å². The minimum absolute atomic E-state index is 0.572. The summed E-state index contributed by atoms with van der Waals surface area (Å²) in [7, 11) is 0. The standard InChI is InChI=1S/C13H20N2/c1-9-3-4-11-5-6-12(7-8-14)15-13(11)10(9)2/h3-4,12,15H,5-8,14H2,1-2H3. The lowest BCUT2D eigenvalue weighted by atomic mass is 9.92. The summed E-state index contributed by atoms with van der Waals surface area (Å²) in [5.74, 6) is 0. The van der Waals surface area contributed by atoms with Gasteiger partial charge in [0.1, 0.15) is 0 Å². The average molecular weight is 204 g/mol. The van der Waals surface area contributed by atoms with Crippen LogP contribution in [0.25, 0.3) is 0 Å². The molecule has 0 spiro atoms. The van der Waals surface area contributed by atoms with Gasteiger partial charge in [0.2, 0.25) is 0 Å². The highest BCUT2D eigenvalue weighted by molar-refractivity contribution is 5.61. The molecule has 2 rings (SSSR count). The van der Waals surface area contributed by atoms with E-state index in [1.54, 1.807) is 0 Å². The van der Waals surface area contributed by atoms with Gasteiger partial charge in [0.25, 0.3) is 0 Å². The van der Waals surface area contributed by atoms with Gasteiger partial charge in [-0.25, -0.2) is 0 Å². The van der Waals surface area contributed by atoms with Crippen LogP contribution in [0.1, 0.15) is 29.5 Å². The molecule has 1 aliphatic rings. The van der Waals surface area contributed by atoms with Crippen LogP contribution in [0.5, 0.6) is 0 Å². The highest BCUT2D eigenvalue weighted by Crippen LogP contribution is 2.30. The summed E-state index contributed by atoms with van der Waals surface area (Å²) in [6, 6.07) is 5.05. The maximum absolute atomic E-state index is 5.61. The molecule has 1 aromatic rings. The van der Waals surface area contributed by atoms with Crippen LogP contribution in [-0.2, 0) is 6.42 Å². The number of hydrogen-bond donors (Lipinski definition) is 2. The molecule has 0 fully saturated rings. The Hall–Kier alpha value is -1.02. The minimum Gasteiger partial charge on any atom is -0.382 e. The third kappa shape index (κ3) is 2.00. The third-order valence-electron chi connectivity index (χ3n) is 3.45. The van der Waals surface area contributed by atoms with E-state index >= 15 is 0 Å². The molecule has 0 saturated carbocycles. The fourth-order valence-electron chi connectivity index (χ4n) is 2.30. The predicted octanol–water partition coefficient (Wildman–Crippen LogP) is 2.38. The molecular formula is C13H20N2. The van der Waals surface area contributed by atoms with Crippen molar-refractivity contribution in [3.05, 3.63) is 28.8 Å². The smallest absolute Gasteiger partial charge is 0.0407 e. The van der Waals surface area contributed by atoms with Gasteiger partial charge in [-0.05, 0) is 56.3 Å². The Kier molecular flexibility index (Phi) is 2.96. The van der Waals surface area contributed by atoms with Gasteiger partial charge < -0.3 is 11.1 Å². The Morgan fingerprint density at radius 2 is 2.20 bits per heavy atom. The molecule has 1 unspecified atom stereocenters. The van der Waals surface area contributed by atoms with Crippen LogP contribution in [0.2, 0.25) is 0 Å². The molecule has 0 bridgehead atoms. The van der Waals surface area contributed by atoms with E-state index in [-0.39, 0.29) is 0 Å². The van der Waals surface area contributed by atoms with E-state index in [4.69, 9.17) is 5.73 Å². The first-order valence-electron chi connectivity index (χ1n) is 5.78. The van der Waals surface area contributed by atoms with Crippen molar-refractivity contribution in [1.29, 1.82) is 0 Å². The molecule has 1 aromatic carbocycles. The quantitative estimate of drug-likeness (QED) is 0.776. The number of nitrogens with two attached hydrogens (primary N) is 1. The molecule has 0 aromatic heterocycles. The third-order valence-corrected chi connectivity index (χ3v) is 3.45. The molecule has 0 aliphatic carbocycles. The van der Waals surface area contributed by atoms with Gasteiger partial charge in [0.05, 0.1) is 0 Å². The molecule has 3 N–H and O–H groups in total. The van der Waals surface area contributed by atoms with E-state index in [9.17, 15) is 0 Å². The fraction of sp³-hybridized carbons (Fsp3) is 0.538. The maximum Gasteiger partial charge on any atom is 0.0407 e. The number of rotatable bonds is 2. The van der Waals surface area contributed by atoms with Gasteiger partial charge in [-0.2, -0.15) is 0 Å².